The van der Waals surface area contributed by atoms with Crippen LogP contribution in [0.15, 0.2) is 116 Å². The summed E-state index contributed by atoms with van der Waals surface area (Å²) in [6.45, 7) is 0. The van der Waals surface area contributed by atoms with E-state index in [0.29, 0.717) is 0 Å². The molecule has 6 rings (SSSR count). The lowest BCUT2D eigenvalue weighted by Crippen LogP contribution is -1.93. The highest BCUT2D eigenvalue weighted by atomic mass is 15.0. The van der Waals surface area contributed by atoms with E-state index in [-0.39, 0.29) is 0 Å². The molecule has 0 fully saturated rings. The van der Waals surface area contributed by atoms with Gasteiger partial charge in [-0.25, -0.2) is 0 Å². The zero-order valence-corrected chi connectivity index (χ0v) is 16.8. The van der Waals surface area contributed by atoms with E-state index in [9.17, 15) is 0 Å². The van der Waals surface area contributed by atoms with Crippen molar-refractivity contribution in [3.8, 4) is 27.9 Å². The van der Waals surface area contributed by atoms with Crippen LogP contribution in [0.5, 0.6) is 0 Å². The maximum absolute atomic E-state index is 4.35. The van der Waals surface area contributed by atoms with Crippen LogP contribution in [-0.4, -0.2) is 14.5 Å². The fourth-order valence-electron chi connectivity index (χ4n) is 4.40. The summed E-state index contributed by atoms with van der Waals surface area (Å²) < 4.78 is 2.35. The van der Waals surface area contributed by atoms with Gasteiger partial charge in [-0.2, -0.15) is 0 Å². The van der Waals surface area contributed by atoms with Crippen LogP contribution in [0.3, 0.4) is 0 Å². The molecule has 0 unspecified atom stereocenters. The molecule has 0 aliphatic rings. The molecule has 31 heavy (non-hydrogen) atoms. The van der Waals surface area contributed by atoms with Crippen molar-refractivity contribution in [2.75, 3.05) is 0 Å². The van der Waals surface area contributed by atoms with Crippen LogP contribution in [0.25, 0.3) is 49.7 Å². The van der Waals surface area contributed by atoms with E-state index in [1.54, 1.807) is 0 Å². The van der Waals surface area contributed by atoms with Gasteiger partial charge >= 0.3 is 0 Å². The van der Waals surface area contributed by atoms with Crippen molar-refractivity contribution >= 4 is 21.8 Å². The van der Waals surface area contributed by atoms with Gasteiger partial charge in [-0.15, -0.1) is 0 Å². The summed E-state index contributed by atoms with van der Waals surface area (Å²) in [5.41, 5.74) is 8.10. The Bertz CT molecular complexity index is 1500. The molecule has 0 aliphatic heterocycles. The number of hydrogen-bond donors (Lipinski definition) is 0. The summed E-state index contributed by atoms with van der Waals surface area (Å²) >= 11 is 0. The normalized spacial score (nSPS) is 11.2. The van der Waals surface area contributed by atoms with Gasteiger partial charge in [0.1, 0.15) is 0 Å². The molecule has 0 saturated carbocycles. The summed E-state index contributed by atoms with van der Waals surface area (Å²) in [5, 5.41) is 2.47. The lowest BCUT2D eigenvalue weighted by molar-refractivity contribution is 1.18. The quantitative estimate of drug-likeness (QED) is 0.325. The first-order valence-corrected chi connectivity index (χ1v) is 10.3. The van der Waals surface area contributed by atoms with Crippen LogP contribution >= 0.6 is 0 Å². The van der Waals surface area contributed by atoms with Crippen molar-refractivity contribution in [1.29, 1.82) is 0 Å². The van der Waals surface area contributed by atoms with Crippen molar-refractivity contribution in [1.82, 2.24) is 14.5 Å². The van der Waals surface area contributed by atoms with E-state index in [1.165, 1.54) is 27.4 Å². The number of benzene rings is 3. The molecule has 3 heterocycles. The molecule has 0 spiro atoms. The first-order valence-electron chi connectivity index (χ1n) is 10.3. The van der Waals surface area contributed by atoms with Crippen molar-refractivity contribution in [2.45, 2.75) is 0 Å². The minimum atomic E-state index is 1.11. The van der Waals surface area contributed by atoms with Crippen LogP contribution in [0.2, 0.25) is 0 Å². The number of nitrogens with zero attached hydrogens (tertiary/aromatic N) is 3. The van der Waals surface area contributed by atoms with Crippen LogP contribution < -0.4 is 0 Å². The number of fused-ring (bicyclic) bond motifs is 3. The SMILES string of the molecule is c1ccc(-n2c3cc(-c4cccnc4)ccc3c3c(-c4cccnc4)cccc32)cc1. The largest absolute Gasteiger partial charge is 0.309 e. The van der Waals surface area contributed by atoms with Crippen LogP contribution in [0.1, 0.15) is 0 Å². The number of aromatic nitrogens is 3. The Morgan fingerprint density at radius 2 is 1.32 bits per heavy atom. The van der Waals surface area contributed by atoms with Crippen molar-refractivity contribution in [2.24, 2.45) is 0 Å². The minimum absolute atomic E-state index is 1.11. The lowest BCUT2D eigenvalue weighted by Gasteiger charge is -2.09. The molecular weight excluding hydrogens is 378 g/mol. The number of pyridine rings is 2. The van der Waals surface area contributed by atoms with E-state index >= 15 is 0 Å². The Morgan fingerprint density at radius 1 is 0.548 bits per heavy atom. The van der Waals surface area contributed by atoms with Crippen molar-refractivity contribution in [3.63, 3.8) is 0 Å². The third-order valence-corrected chi connectivity index (χ3v) is 5.77. The van der Waals surface area contributed by atoms with Gasteiger partial charge < -0.3 is 4.57 Å². The van der Waals surface area contributed by atoms with Crippen LogP contribution in [-0.2, 0) is 0 Å². The number of rotatable bonds is 3. The highest BCUT2D eigenvalue weighted by Gasteiger charge is 2.16. The van der Waals surface area contributed by atoms with E-state index in [2.05, 4.69) is 93.4 Å². The molecule has 3 aromatic heterocycles. The third-order valence-electron chi connectivity index (χ3n) is 5.77. The molecule has 0 atom stereocenters. The van der Waals surface area contributed by atoms with E-state index in [1.807, 2.05) is 36.9 Å². The van der Waals surface area contributed by atoms with Gasteiger partial charge in [0.2, 0.25) is 0 Å². The Morgan fingerprint density at radius 3 is 2.06 bits per heavy atom. The summed E-state index contributed by atoms with van der Waals surface area (Å²) in [5.74, 6) is 0. The molecule has 6 aromatic rings. The molecule has 3 aromatic carbocycles. The zero-order valence-electron chi connectivity index (χ0n) is 16.8. The first kappa shape index (κ1) is 17.6. The molecule has 146 valence electrons. The standard InChI is InChI=1S/C28H19N3/c1-2-9-23(10-3-1)31-26-12-4-11-24(22-8-6-16-30-19-22)28(26)25-14-13-20(17-27(25)31)21-7-5-15-29-18-21/h1-19H. The zero-order chi connectivity index (χ0) is 20.6. The van der Waals surface area contributed by atoms with Gasteiger partial charge in [0.05, 0.1) is 11.0 Å². The Kier molecular flexibility index (Phi) is 4.10. The fourth-order valence-corrected chi connectivity index (χ4v) is 4.40. The summed E-state index contributed by atoms with van der Waals surface area (Å²) in [7, 11) is 0. The predicted molar refractivity (Wildman–Crippen MR) is 127 cm³/mol. The number of para-hydroxylation sites is 1. The van der Waals surface area contributed by atoms with E-state index in [4.69, 9.17) is 0 Å². The van der Waals surface area contributed by atoms with Gasteiger partial charge in [-0.1, -0.05) is 54.6 Å². The van der Waals surface area contributed by atoms with Gasteiger partial charge in [-0.3, -0.25) is 9.97 Å². The third kappa shape index (κ3) is 2.90. The predicted octanol–water partition coefficient (Wildman–Crippen LogP) is 6.91. The lowest BCUT2D eigenvalue weighted by atomic mass is 9.99. The average Bonchev–Trinajstić information content (AvgIpc) is 3.19. The maximum atomic E-state index is 4.35. The second-order valence-corrected chi connectivity index (χ2v) is 7.59. The highest BCUT2D eigenvalue weighted by Crippen LogP contribution is 2.39. The Balaban J connectivity index is 1.74. The van der Waals surface area contributed by atoms with Crippen molar-refractivity contribution < 1.29 is 0 Å². The number of hydrogen-bond acceptors (Lipinski definition) is 2. The second-order valence-electron chi connectivity index (χ2n) is 7.59. The van der Waals surface area contributed by atoms with Crippen LogP contribution in [0.4, 0.5) is 0 Å². The molecule has 3 heteroatoms. The van der Waals surface area contributed by atoms with Crippen molar-refractivity contribution in [3.05, 3.63) is 116 Å². The average molecular weight is 397 g/mol. The van der Waals surface area contributed by atoms with Gasteiger partial charge in [0, 0.05) is 52.4 Å². The van der Waals surface area contributed by atoms with Gasteiger partial charge in [-0.05, 0) is 47.5 Å². The second kappa shape index (κ2) is 7.22. The van der Waals surface area contributed by atoms with E-state index in [0.717, 1.165) is 22.4 Å². The maximum Gasteiger partial charge on any atom is 0.0547 e. The Labute approximate surface area is 180 Å². The van der Waals surface area contributed by atoms with E-state index < -0.39 is 0 Å². The highest BCUT2D eigenvalue weighted by molar-refractivity contribution is 6.16. The van der Waals surface area contributed by atoms with Gasteiger partial charge in [0.25, 0.3) is 0 Å². The topological polar surface area (TPSA) is 30.7 Å². The van der Waals surface area contributed by atoms with Gasteiger partial charge in [0.15, 0.2) is 0 Å². The summed E-state index contributed by atoms with van der Waals surface area (Å²) in [6.07, 6.45) is 7.47. The van der Waals surface area contributed by atoms with Crippen LogP contribution in [0, 0.1) is 0 Å². The molecule has 0 aliphatic carbocycles. The first-order chi connectivity index (χ1) is 15.4. The summed E-state index contributed by atoms with van der Waals surface area (Å²) in [4.78, 5) is 8.66. The molecule has 3 nitrogen and oxygen atoms in total. The molecule has 0 bridgehead atoms. The molecule has 0 amide bonds. The Hall–Kier alpha value is -4.24. The molecule has 0 saturated heterocycles. The smallest absolute Gasteiger partial charge is 0.0547 e. The molecule has 0 N–H and O–H groups in total. The summed E-state index contributed by atoms with van der Waals surface area (Å²) in [6, 6.07) is 31.9. The molecular formula is C28H19N3. The monoisotopic (exact) mass is 397 g/mol. The fraction of sp³-hybridized carbons (Fsp3) is 0. The minimum Gasteiger partial charge on any atom is -0.309 e. The molecule has 0 radical (unpaired) electrons.